The predicted molar refractivity (Wildman–Crippen MR) is 116 cm³/mol. The molecule has 0 aliphatic carbocycles. The third-order valence-electron chi connectivity index (χ3n) is 6.35. The molecule has 8 nitrogen and oxygen atoms in total. The van der Waals surface area contributed by atoms with Crippen LogP contribution >= 0.6 is 0 Å². The Kier molecular flexibility index (Phi) is 5.46. The van der Waals surface area contributed by atoms with Gasteiger partial charge < -0.3 is 19.5 Å². The number of para-hydroxylation sites is 1. The molecule has 1 atom stereocenters. The van der Waals surface area contributed by atoms with Crippen molar-refractivity contribution in [3.05, 3.63) is 53.5 Å². The number of ether oxygens (including phenoxy) is 1. The maximum absolute atomic E-state index is 13.0. The smallest absolute Gasteiger partial charge is 0.274 e. The van der Waals surface area contributed by atoms with E-state index in [2.05, 4.69) is 15.2 Å². The topological polar surface area (TPSA) is 94.3 Å². The third-order valence-corrected chi connectivity index (χ3v) is 6.35. The summed E-state index contributed by atoms with van der Waals surface area (Å²) >= 11 is 0. The molecule has 0 spiro atoms. The SMILES string of the molecule is O=C(Cc1c[nH]c2ccccc12)N1CCCC(c2cc(C(=O)N3CCOCC3)n[nH]2)C1. The summed E-state index contributed by atoms with van der Waals surface area (Å²) in [4.78, 5) is 32.7. The molecule has 3 aromatic rings. The average molecular weight is 422 g/mol. The molecule has 5 rings (SSSR count). The van der Waals surface area contributed by atoms with Crippen LogP contribution in [0.15, 0.2) is 36.5 Å². The first-order valence-corrected chi connectivity index (χ1v) is 10.9. The Morgan fingerprint density at radius 1 is 1.13 bits per heavy atom. The van der Waals surface area contributed by atoms with Crippen LogP contribution in [-0.4, -0.2) is 76.2 Å². The quantitative estimate of drug-likeness (QED) is 0.676. The molecule has 1 unspecified atom stereocenters. The Morgan fingerprint density at radius 3 is 2.84 bits per heavy atom. The molecule has 2 amide bonds. The third kappa shape index (κ3) is 4.07. The van der Waals surface area contributed by atoms with E-state index in [-0.39, 0.29) is 17.7 Å². The molecule has 2 aromatic heterocycles. The second kappa shape index (κ2) is 8.55. The van der Waals surface area contributed by atoms with Gasteiger partial charge in [-0.2, -0.15) is 5.10 Å². The van der Waals surface area contributed by atoms with Crippen molar-refractivity contribution in [1.82, 2.24) is 25.0 Å². The average Bonchev–Trinajstić information content (AvgIpc) is 3.47. The monoisotopic (exact) mass is 421 g/mol. The molecule has 2 saturated heterocycles. The summed E-state index contributed by atoms with van der Waals surface area (Å²) in [6.07, 6.45) is 4.24. The zero-order valence-corrected chi connectivity index (χ0v) is 17.5. The van der Waals surface area contributed by atoms with Crippen molar-refractivity contribution in [2.45, 2.75) is 25.2 Å². The van der Waals surface area contributed by atoms with Crippen molar-refractivity contribution in [2.75, 3.05) is 39.4 Å². The number of fused-ring (bicyclic) bond motifs is 1. The number of amides is 2. The van der Waals surface area contributed by atoms with Crippen molar-refractivity contribution in [3.8, 4) is 0 Å². The van der Waals surface area contributed by atoms with Crippen LogP contribution in [0.3, 0.4) is 0 Å². The summed E-state index contributed by atoms with van der Waals surface area (Å²) in [5.41, 5.74) is 3.46. The molecule has 31 heavy (non-hydrogen) atoms. The molecule has 2 aliphatic heterocycles. The van der Waals surface area contributed by atoms with E-state index in [4.69, 9.17) is 4.74 Å². The van der Waals surface area contributed by atoms with Crippen LogP contribution in [0, 0.1) is 0 Å². The van der Waals surface area contributed by atoms with Gasteiger partial charge in [0.2, 0.25) is 5.91 Å². The molecule has 4 heterocycles. The van der Waals surface area contributed by atoms with Gasteiger partial charge in [0, 0.05) is 54.9 Å². The lowest BCUT2D eigenvalue weighted by Crippen LogP contribution is -2.40. The van der Waals surface area contributed by atoms with E-state index in [0.29, 0.717) is 45.0 Å². The maximum atomic E-state index is 13.0. The fourth-order valence-corrected chi connectivity index (χ4v) is 4.59. The predicted octanol–water partition coefficient (Wildman–Crippen LogP) is 2.31. The zero-order chi connectivity index (χ0) is 21.2. The fourth-order valence-electron chi connectivity index (χ4n) is 4.59. The number of aromatic amines is 2. The number of carbonyl (C=O) groups excluding carboxylic acids is 2. The van der Waals surface area contributed by atoms with Gasteiger partial charge in [0.05, 0.1) is 19.6 Å². The first-order chi connectivity index (χ1) is 15.2. The number of piperidine rings is 1. The molecule has 162 valence electrons. The van der Waals surface area contributed by atoms with Crippen LogP contribution in [0.4, 0.5) is 0 Å². The van der Waals surface area contributed by atoms with E-state index in [0.717, 1.165) is 41.5 Å². The highest BCUT2D eigenvalue weighted by molar-refractivity contribution is 5.92. The maximum Gasteiger partial charge on any atom is 0.274 e. The molecule has 1 aromatic carbocycles. The summed E-state index contributed by atoms with van der Waals surface area (Å²) in [7, 11) is 0. The van der Waals surface area contributed by atoms with Gasteiger partial charge in [-0.25, -0.2) is 0 Å². The van der Waals surface area contributed by atoms with Crippen LogP contribution in [0.2, 0.25) is 0 Å². The molecule has 2 fully saturated rings. The lowest BCUT2D eigenvalue weighted by Gasteiger charge is -2.32. The number of H-pyrrole nitrogens is 2. The Labute approximate surface area is 180 Å². The molecule has 0 bridgehead atoms. The van der Waals surface area contributed by atoms with E-state index >= 15 is 0 Å². The number of carbonyl (C=O) groups is 2. The number of rotatable bonds is 4. The Morgan fingerprint density at radius 2 is 1.97 bits per heavy atom. The summed E-state index contributed by atoms with van der Waals surface area (Å²) in [6, 6.07) is 9.91. The van der Waals surface area contributed by atoms with Gasteiger partial charge in [-0.05, 0) is 30.5 Å². The number of benzene rings is 1. The highest BCUT2D eigenvalue weighted by Gasteiger charge is 2.28. The van der Waals surface area contributed by atoms with E-state index in [1.54, 1.807) is 4.90 Å². The van der Waals surface area contributed by atoms with Crippen molar-refractivity contribution < 1.29 is 14.3 Å². The largest absolute Gasteiger partial charge is 0.378 e. The molecule has 0 saturated carbocycles. The molecule has 0 radical (unpaired) electrons. The van der Waals surface area contributed by atoms with Gasteiger partial charge >= 0.3 is 0 Å². The number of hydrogen-bond donors (Lipinski definition) is 2. The number of likely N-dealkylation sites (tertiary alicyclic amines) is 1. The second-order valence-electron chi connectivity index (χ2n) is 8.33. The first-order valence-electron chi connectivity index (χ1n) is 10.9. The molecular weight excluding hydrogens is 394 g/mol. The highest BCUT2D eigenvalue weighted by atomic mass is 16.5. The second-order valence-corrected chi connectivity index (χ2v) is 8.33. The zero-order valence-electron chi connectivity index (χ0n) is 17.5. The van der Waals surface area contributed by atoms with E-state index in [1.165, 1.54) is 0 Å². The standard InChI is InChI=1S/C23H27N5O3/c29-22(12-17-14-24-19-6-2-1-5-18(17)19)28-7-3-4-16(15-28)20-13-21(26-25-20)23(30)27-8-10-31-11-9-27/h1-2,5-6,13-14,16,24H,3-4,7-12,15H2,(H,25,26). The van der Waals surface area contributed by atoms with Crippen molar-refractivity contribution in [2.24, 2.45) is 0 Å². The van der Waals surface area contributed by atoms with Gasteiger partial charge in [-0.1, -0.05) is 18.2 Å². The summed E-state index contributed by atoms with van der Waals surface area (Å²) in [5.74, 6) is 0.242. The molecule has 2 N–H and O–H groups in total. The van der Waals surface area contributed by atoms with E-state index in [1.807, 2.05) is 41.4 Å². The highest BCUT2D eigenvalue weighted by Crippen LogP contribution is 2.27. The van der Waals surface area contributed by atoms with Gasteiger partial charge in [-0.3, -0.25) is 14.7 Å². The minimum absolute atomic E-state index is 0.0612. The number of nitrogens with zero attached hydrogens (tertiary/aromatic N) is 3. The number of morpholine rings is 1. The van der Waals surface area contributed by atoms with Crippen molar-refractivity contribution >= 4 is 22.7 Å². The number of nitrogens with one attached hydrogen (secondary N) is 2. The first kappa shape index (κ1) is 19.8. The summed E-state index contributed by atoms with van der Waals surface area (Å²) in [6.45, 7) is 3.75. The van der Waals surface area contributed by atoms with Crippen LogP contribution in [0.1, 0.15) is 40.5 Å². The summed E-state index contributed by atoms with van der Waals surface area (Å²) < 4.78 is 5.32. The van der Waals surface area contributed by atoms with Crippen LogP contribution < -0.4 is 0 Å². The van der Waals surface area contributed by atoms with Crippen molar-refractivity contribution in [3.63, 3.8) is 0 Å². The van der Waals surface area contributed by atoms with Gasteiger partial charge in [-0.15, -0.1) is 0 Å². The lowest BCUT2D eigenvalue weighted by atomic mass is 9.94. The lowest BCUT2D eigenvalue weighted by molar-refractivity contribution is -0.131. The van der Waals surface area contributed by atoms with Gasteiger partial charge in [0.1, 0.15) is 5.69 Å². The Balaban J connectivity index is 1.24. The minimum Gasteiger partial charge on any atom is -0.378 e. The molecule has 8 heteroatoms. The number of aromatic nitrogens is 3. The fraction of sp³-hybridized carbons (Fsp3) is 0.435. The molecule has 2 aliphatic rings. The van der Waals surface area contributed by atoms with Crippen LogP contribution in [0.5, 0.6) is 0 Å². The Bertz CT molecular complexity index is 1080. The Hall–Kier alpha value is -3.13. The minimum atomic E-state index is -0.0612. The normalized spacial score (nSPS) is 19.7. The van der Waals surface area contributed by atoms with Gasteiger partial charge in [0.15, 0.2) is 0 Å². The van der Waals surface area contributed by atoms with Crippen LogP contribution in [-0.2, 0) is 16.0 Å². The number of hydrogen-bond acceptors (Lipinski definition) is 4. The van der Waals surface area contributed by atoms with Crippen molar-refractivity contribution in [1.29, 1.82) is 0 Å². The van der Waals surface area contributed by atoms with E-state index in [9.17, 15) is 9.59 Å². The van der Waals surface area contributed by atoms with E-state index < -0.39 is 0 Å². The van der Waals surface area contributed by atoms with Crippen LogP contribution in [0.25, 0.3) is 10.9 Å². The summed E-state index contributed by atoms with van der Waals surface area (Å²) in [5, 5.41) is 8.42. The van der Waals surface area contributed by atoms with Gasteiger partial charge in [0.25, 0.3) is 5.91 Å². The molecular formula is C23H27N5O3.